The monoisotopic (exact) mass is 537 g/mol. The molecule has 5 aromatic rings. The lowest BCUT2D eigenvalue weighted by Crippen LogP contribution is -2.09. The van der Waals surface area contributed by atoms with E-state index in [2.05, 4.69) is 184 Å². The fourth-order valence-corrected chi connectivity index (χ4v) is 4.93. The summed E-state index contributed by atoms with van der Waals surface area (Å²) in [5, 5.41) is 0. The van der Waals surface area contributed by atoms with Gasteiger partial charge < -0.3 is 14.7 Å². The van der Waals surface area contributed by atoms with Crippen molar-refractivity contribution in [2.75, 3.05) is 42.9 Å². The van der Waals surface area contributed by atoms with Crippen molar-refractivity contribution in [3.05, 3.63) is 149 Å². The van der Waals surface area contributed by atoms with Crippen molar-refractivity contribution in [3.8, 4) is 0 Å². The first-order valence-corrected chi connectivity index (χ1v) is 14.1. The van der Waals surface area contributed by atoms with Crippen LogP contribution in [0.1, 0.15) is 27.8 Å². The molecule has 0 spiro atoms. The van der Waals surface area contributed by atoms with Crippen LogP contribution in [0.5, 0.6) is 0 Å². The van der Waals surface area contributed by atoms with Crippen LogP contribution in [0, 0.1) is 13.8 Å². The minimum absolute atomic E-state index is 1.13. The minimum Gasteiger partial charge on any atom is -0.378 e. The maximum atomic E-state index is 2.31. The van der Waals surface area contributed by atoms with Crippen LogP contribution >= 0.6 is 0 Å². The molecule has 0 aliphatic carbocycles. The maximum absolute atomic E-state index is 2.31. The van der Waals surface area contributed by atoms with E-state index in [1.807, 2.05) is 0 Å². The van der Waals surface area contributed by atoms with Crippen LogP contribution in [0.25, 0.3) is 11.6 Å². The molecule has 0 saturated heterocycles. The molecule has 0 aliphatic heterocycles. The smallest absolute Gasteiger partial charge is 0.0462 e. The van der Waals surface area contributed by atoms with Gasteiger partial charge in [0, 0.05) is 56.6 Å². The second-order valence-corrected chi connectivity index (χ2v) is 11.0. The van der Waals surface area contributed by atoms with Gasteiger partial charge in [0.15, 0.2) is 0 Å². The lowest BCUT2D eigenvalue weighted by atomic mass is 9.95. The number of nitrogens with zero attached hydrogens (tertiary/aromatic N) is 3. The molecule has 3 heteroatoms. The Morgan fingerprint density at radius 3 is 1.07 bits per heavy atom. The summed E-state index contributed by atoms with van der Waals surface area (Å²) in [6.07, 6.45) is 2.29. The van der Waals surface area contributed by atoms with Gasteiger partial charge in [-0.2, -0.15) is 0 Å². The summed E-state index contributed by atoms with van der Waals surface area (Å²) in [6.45, 7) is 4.25. The number of hydrogen-bond acceptors (Lipinski definition) is 3. The topological polar surface area (TPSA) is 9.72 Å². The van der Waals surface area contributed by atoms with Crippen molar-refractivity contribution in [3.63, 3.8) is 0 Å². The number of rotatable bonds is 8. The molecule has 3 nitrogen and oxygen atoms in total. The molecular formula is C38H39N3. The third kappa shape index (κ3) is 6.53. The van der Waals surface area contributed by atoms with Gasteiger partial charge in [0.2, 0.25) is 0 Å². The lowest BCUT2D eigenvalue weighted by Gasteiger charge is -2.26. The van der Waals surface area contributed by atoms with Crippen LogP contribution in [0.2, 0.25) is 0 Å². The maximum Gasteiger partial charge on any atom is 0.0462 e. The van der Waals surface area contributed by atoms with Gasteiger partial charge in [-0.1, -0.05) is 71.8 Å². The molecule has 0 radical (unpaired) electrons. The highest BCUT2D eigenvalue weighted by atomic mass is 15.1. The van der Waals surface area contributed by atoms with Crippen LogP contribution in [0.4, 0.5) is 28.4 Å². The molecule has 5 rings (SSSR count). The fourth-order valence-electron chi connectivity index (χ4n) is 4.93. The van der Waals surface area contributed by atoms with E-state index in [0.717, 1.165) is 22.6 Å². The average Bonchev–Trinajstić information content (AvgIpc) is 2.99. The van der Waals surface area contributed by atoms with Crippen LogP contribution in [-0.4, -0.2) is 28.2 Å². The largest absolute Gasteiger partial charge is 0.378 e. The molecule has 0 heterocycles. The predicted octanol–water partition coefficient (Wildman–Crippen LogP) is 9.49. The van der Waals surface area contributed by atoms with Gasteiger partial charge in [-0.05, 0) is 103 Å². The van der Waals surface area contributed by atoms with Crippen molar-refractivity contribution < 1.29 is 0 Å². The molecule has 0 bridgehead atoms. The normalized spacial score (nSPS) is 10.7. The van der Waals surface area contributed by atoms with Gasteiger partial charge in [0.25, 0.3) is 0 Å². The zero-order chi connectivity index (χ0) is 28.9. The van der Waals surface area contributed by atoms with Crippen LogP contribution in [0.15, 0.2) is 121 Å². The quantitative estimate of drug-likeness (QED) is 0.183. The van der Waals surface area contributed by atoms with E-state index in [-0.39, 0.29) is 0 Å². The van der Waals surface area contributed by atoms with E-state index < -0.39 is 0 Å². The second-order valence-electron chi connectivity index (χ2n) is 11.0. The van der Waals surface area contributed by atoms with Gasteiger partial charge in [0.1, 0.15) is 0 Å². The van der Waals surface area contributed by atoms with Gasteiger partial charge in [0.05, 0.1) is 0 Å². The zero-order valence-electron chi connectivity index (χ0n) is 25.0. The van der Waals surface area contributed by atoms with Crippen LogP contribution in [-0.2, 0) is 0 Å². The molecule has 0 fully saturated rings. The van der Waals surface area contributed by atoms with E-state index in [4.69, 9.17) is 0 Å². The van der Waals surface area contributed by atoms with Gasteiger partial charge in [-0.15, -0.1) is 0 Å². The number of aryl methyl sites for hydroxylation is 2. The Balaban J connectivity index is 1.55. The highest BCUT2D eigenvalue weighted by Gasteiger charge is 2.13. The number of benzene rings is 5. The first-order chi connectivity index (χ1) is 19.8. The molecule has 0 aromatic heterocycles. The first kappa shape index (κ1) is 27.8. The zero-order valence-corrected chi connectivity index (χ0v) is 25.0. The molecule has 0 atom stereocenters. The van der Waals surface area contributed by atoms with Crippen molar-refractivity contribution in [1.29, 1.82) is 0 Å². The van der Waals surface area contributed by atoms with Crippen molar-refractivity contribution in [1.82, 2.24) is 0 Å². The SMILES string of the molecule is Cc1ccc(N(c2ccc(C)cc2)c2ccc(C=C(c3ccc(N(C)C)cc3)c3ccc(N(C)C)cc3)cc2)cc1. The highest BCUT2D eigenvalue weighted by molar-refractivity contribution is 5.92. The number of hydrogen-bond donors (Lipinski definition) is 0. The lowest BCUT2D eigenvalue weighted by molar-refractivity contribution is 1.13. The van der Waals surface area contributed by atoms with Crippen molar-refractivity contribution in [2.24, 2.45) is 0 Å². The van der Waals surface area contributed by atoms with E-state index in [1.165, 1.54) is 39.2 Å². The predicted molar refractivity (Wildman–Crippen MR) is 179 cm³/mol. The summed E-state index contributed by atoms with van der Waals surface area (Å²) in [5.74, 6) is 0. The Morgan fingerprint density at radius 2 is 0.732 bits per heavy atom. The molecule has 41 heavy (non-hydrogen) atoms. The molecule has 206 valence electrons. The second kappa shape index (κ2) is 12.2. The molecule has 0 unspecified atom stereocenters. The molecule has 0 saturated carbocycles. The summed E-state index contributed by atoms with van der Waals surface area (Å²) in [6, 6.07) is 43.9. The summed E-state index contributed by atoms with van der Waals surface area (Å²) in [7, 11) is 8.29. The highest BCUT2D eigenvalue weighted by Crippen LogP contribution is 2.36. The summed E-state index contributed by atoms with van der Waals surface area (Å²) < 4.78 is 0. The van der Waals surface area contributed by atoms with E-state index >= 15 is 0 Å². The Hall–Kier alpha value is -4.76. The summed E-state index contributed by atoms with van der Waals surface area (Å²) in [4.78, 5) is 6.57. The number of anilines is 5. The van der Waals surface area contributed by atoms with Crippen molar-refractivity contribution in [2.45, 2.75) is 13.8 Å². The van der Waals surface area contributed by atoms with E-state index in [1.54, 1.807) is 0 Å². The third-order valence-corrected chi connectivity index (χ3v) is 7.44. The summed E-state index contributed by atoms with van der Waals surface area (Å²) in [5.41, 5.74) is 13.0. The van der Waals surface area contributed by atoms with Crippen LogP contribution in [0.3, 0.4) is 0 Å². The van der Waals surface area contributed by atoms with Gasteiger partial charge in [-0.3, -0.25) is 0 Å². The Kier molecular flexibility index (Phi) is 8.26. The van der Waals surface area contributed by atoms with E-state index in [0.29, 0.717) is 0 Å². The first-order valence-electron chi connectivity index (χ1n) is 14.1. The average molecular weight is 538 g/mol. The minimum atomic E-state index is 1.13. The standard InChI is InChI=1S/C38H39N3/c1-28-7-17-35(18-8-28)41(36-19-9-29(2)10-20-36)37-21-11-30(12-22-37)27-38(31-13-23-33(24-14-31)39(3)4)32-15-25-34(26-16-32)40(5)6/h7-27H,1-6H3. The molecule has 5 aromatic carbocycles. The third-order valence-electron chi connectivity index (χ3n) is 7.44. The molecule has 0 N–H and O–H groups in total. The van der Waals surface area contributed by atoms with E-state index in [9.17, 15) is 0 Å². The van der Waals surface area contributed by atoms with Crippen molar-refractivity contribution >= 4 is 40.1 Å². The molecule has 0 aliphatic rings. The summed E-state index contributed by atoms with van der Waals surface area (Å²) >= 11 is 0. The fraction of sp³-hybridized carbons (Fsp3) is 0.158. The Bertz CT molecular complexity index is 1490. The van der Waals surface area contributed by atoms with Crippen LogP contribution < -0.4 is 14.7 Å². The molecule has 0 amide bonds. The molecular weight excluding hydrogens is 498 g/mol. The van der Waals surface area contributed by atoms with Gasteiger partial charge >= 0.3 is 0 Å². The Labute approximate surface area is 245 Å². The van der Waals surface area contributed by atoms with Gasteiger partial charge in [-0.25, -0.2) is 0 Å². The Morgan fingerprint density at radius 1 is 0.415 bits per heavy atom.